The number of fused-ring (bicyclic) bond motifs is 11. The molecule has 0 saturated carbocycles. The van der Waals surface area contributed by atoms with E-state index in [0.29, 0.717) is 0 Å². The third kappa shape index (κ3) is 2.00. The molecule has 4 aliphatic heterocycles. The molecule has 0 aromatic rings. The van der Waals surface area contributed by atoms with Gasteiger partial charge in [0, 0.05) is 43.9 Å². The van der Waals surface area contributed by atoms with E-state index in [4.69, 9.17) is 18.9 Å². The van der Waals surface area contributed by atoms with Crippen LogP contribution in [0.3, 0.4) is 0 Å². The predicted octanol–water partition coefficient (Wildman–Crippen LogP) is 1.93. The van der Waals surface area contributed by atoms with Crippen LogP contribution in [0, 0.1) is 17.3 Å². The SMILES string of the molecule is C=C[C@@]12CC=C3[C@H]([C@@H]1[C@H]1C[C@@H](OC(C)=O)[C@@H]2O1)[C@H]1C[C@@H](OC(C)=O)[C@@H]3O1. The minimum Gasteiger partial charge on any atom is -0.460 e. The van der Waals surface area contributed by atoms with Crippen molar-refractivity contribution in [2.24, 2.45) is 17.3 Å². The Balaban J connectivity index is 1.46. The highest BCUT2D eigenvalue weighted by Crippen LogP contribution is 2.65. The maximum absolute atomic E-state index is 11.5. The van der Waals surface area contributed by atoms with Crippen LogP contribution in [0.5, 0.6) is 0 Å². The summed E-state index contributed by atoms with van der Waals surface area (Å²) in [5, 5.41) is 0. The molecule has 0 N–H and O–H groups in total. The first-order valence-corrected chi connectivity index (χ1v) is 9.43. The monoisotopic (exact) mass is 360 g/mol. The molecule has 140 valence electrons. The van der Waals surface area contributed by atoms with Crippen LogP contribution in [0.4, 0.5) is 0 Å². The van der Waals surface area contributed by atoms with E-state index in [1.54, 1.807) is 0 Å². The molecule has 0 spiro atoms. The van der Waals surface area contributed by atoms with E-state index in [9.17, 15) is 9.59 Å². The number of esters is 2. The summed E-state index contributed by atoms with van der Waals surface area (Å²) in [5.74, 6) is 0.0328. The third-order valence-corrected chi connectivity index (χ3v) is 7.01. The number of hydrogen-bond donors (Lipinski definition) is 0. The Morgan fingerprint density at radius 2 is 1.85 bits per heavy atom. The van der Waals surface area contributed by atoms with Crippen molar-refractivity contribution in [1.29, 1.82) is 0 Å². The van der Waals surface area contributed by atoms with Gasteiger partial charge in [-0.3, -0.25) is 9.59 Å². The number of hydrogen-bond acceptors (Lipinski definition) is 6. The van der Waals surface area contributed by atoms with Crippen molar-refractivity contribution in [3.63, 3.8) is 0 Å². The lowest BCUT2D eigenvalue weighted by molar-refractivity contribution is -0.152. The van der Waals surface area contributed by atoms with Crippen molar-refractivity contribution in [3.8, 4) is 0 Å². The summed E-state index contributed by atoms with van der Waals surface area (Å²) in [6.45, 7) is 7.01. The zero-order valence-corrected chi connectivity index (χ0v) is 15.1. The lowest BCUT2D eigenvalue weighted by atomic mass is 9.53. The van der Waals surface area contributed by atoms with Crippen molar-refractivity contribution in [2.75, 3.05) is 0 Å². The molecule has 0 aromatic carbocycles. The van der Waals surface area contributed by atoms with Crippen molar-refractivity contribution in [2.45, 2.75) is 69.7 Å². The van der Waals surface area contributed by atoms with Gasteiger partial charge in [-0.1, -0.05) is 12.2 Å². The van der Waals surface area contributed by atoms with Crippen LogP contribution in [-0.2, 0) is 28.5 Å². The smallest absolute Gasteiger partial charge is 0.303 e. The number of ether oxygens (including phenoxy) is 4. The minimum absolute atomic E-state index is 0.0474. The Morgan fingerprint density at radius 1 is 1.15 bits per heavy atom. The first kappa shape index (κ1) is 16.5. The second kappa shape index (κ2) is 5.42. The zero-order valence-electron chi connectivity index (χ0n) is 15.1. The molecule has 0 unspecified atom stereocenters. The Labute approximate surface area is 152 Å². The highest BCUT2D eigenvalue weighted by atomic mass is 16.6. The Bertz CT molecular complexity index is 713. The van der Waals surface area contributed by atoms with Gasteiger partial charge in [-0.2, -0.15) is 0 Å². The lowest BCUT2D eigenvalue weighted by Gasteiger charge is -2.49. The second-order valence-electron chi connectivity index (χ2n) is 8.23. The molecule has 0 amide bonds. The number of rotatable bonds is 3. The molecule has 6 heteroatoms. The van der Waals surface area contributed by atoms with E-state index in [2.05, 4.69) is 12.7 Å². The van der Waals surface area contributed by atoms with Crippen molar-refractivity contribution >= 4 is 11.9 Å². The van der Waals surface area contributed by atoms with E-state index in [-0.39, 0.29) is 65.8 Å². The molecule has 26 heavy (non-hydrogen) atoms. The summed E-state index contributed by atoms with van der Waals surface area (Å²) >= 11 is 0. The fraction of sp³-hybridized carbons (Fsp3) is 0.700. The van der Waals surface area contributed by atoms with Crippen LogP contribution >= 0.6 is 0 Å². The lowest BCUT2D eigenvalue weighted by Crippen LogP contribution is -2.53. The van der Waals surface area contributed by atoms with Gasteiger partial charge >= 0.3 is 11.9 Å². The van der Waals surface area contributed by atoms with Gasteiger partial charge in [-0.25, -0.2) is 0 Å². The van der Waals surface area contributed by atoms with Crippen LogP contribution in [0.15, 0.2) is 24.3 Å². The fourth-order valence-corrected chi connectivity index (χ4v) is 6.32. The van der Waals surface area contributed by atoms with Crippen molar-refractivity contribution in [3.05, 3.63) is 24.3 Å². The van der Waals surface area contributed by atoms with Gasteiger partial charge in [-0.05, 0) is 12.0 Å². The van der Waals surface area contributed by atoms with E-state index >= 15 is 0 Å². The second-order valence-corrected chi connectivity index (χ2v) is 8.23. The van der Waals surface area contributed by atoms with E-state index < -0.39 is 0 Å². The molecule has 5 rings (SSSR count). The van der Waals surface area contributed by atoms with E-state index in [0.717, 1.165) is 19.3 Å². The molecule has 5 aliphatic rings. The van der Waals surface area contributed by atoms with Gasteiger partial charge in [0.1, 0.15) is 24.4 Å². The highest BCUT2D eigenvalue weighted by Gasteiger charge is 2.70. The van der Waals surface area contributed by atoms with E-state index in [1.165, 1.54) is 19.4 Å². The van der Waals surface area contributed by atoms with Crippen molar-refractivity contribution < 1.29 is 28.5 Å². The summed E-state index contributed by atoms with van der Waals surface area (Å²) in [5.41, 5.74) is 1.04. The van der Waals surface area contributed by atoms with Crippen molar-refractivity contribution in [1.82, 2.24) is 0 Å². The molecular weight excluding hydrogens is 336 g/mol. The topological polar surface area (TPSA) is 71.1 Å². The average Bonchev–Trinajstić information content (AvgIpc) is 3.31. The predicted molar refractivity (Wildman–Crippen MR) is 90.0 cm³/mol. The Kier molecular flexibility index (Phi) is 3.44. The molecule has 0 radical (unpaired) electrons. The molecule has 6 nitrogen and oxygen atoms in total. The first-order chi connectivity index (χ1) is 12.4. The summed E-state index contributed by atoms with van der Waals surface area (Å²) in [6.07, 6.45) is 5.98. The number of carbonyl (C=O) groups excluding carboxylic acids is 2. The molecule has 4 saturated heterocycles. The van der Waals surface area contributed by atoms with Gasteiger partial charge in [0.05, 0.1) is 12.2 Å². The quantitative estimate of drug-likeness (QED) is 0.566. The molecule has 4 heterocycles. The van der Waals surface area contributed by atoms with Gasteiger partial charge in [0.25, 0.3) is 0 Å². The zero-order chi connectivity index (χ0) is 18.2. The molecule has 4 fully saturated rings. The highest BCUT2D eigenvalue weighted by molar-refractivity contribution is 5.66. The van der Waals surface area contributed by atoms with Gasteiger partial charge in [-0.15, -0.1) is 6.58 Å². The Morgan fingerprint density at radius 3 is 2.54 bits per heavy atom. The third-order valence-electron chi connectivity index (χ3n) is 7.01. The number of carbonyl (C=O) groups is 2. The molecule has 0 aromatic heterocycles. The van der Waals surface area contributed by atoms with Crippen LogP contribution in [-0.4, -0.2) is 48.6 Å². The normalized spacial score (nSPS) is 50.0. The van der Waals surface area contributed by atoms with Gasteiger partial charge in [0.15, 0.2) is 0 Å². The van der Waals surface area contributed by atoms with Gasteiger partial charge < -0.3 is 18.9 Å². The van der Waals surface area contributed by atoms with Gasteiger partial charge in [0.2, 0.25) is 0 Å². The van der Waals surface area contributed by atoms with Crippen LogP contribution < -0.4 is 0 Å². The summed E-state index contributed by atoms with van der Waals surface area (Å²) < 4.78 is 23.5. The minimum atomic E-state index is -0.263. The molecular formula is C20H24O6. The molecule has 1 aliphatic carbocycles. The fourth-order valence-electron chi connectivity index (χ4n) is 6.32. The first-order valence-electron chi connectivity index (χ1n) is 9.43. The molecule has 9 atom stereocenters. The van der Waals surface area contributed by atoms with E-state index in [1.807, 2.05) is 6.08 Å². The summed E-state index contributed by atoms with van der Waals surface area (Å²) in [4.78, 5) is 22.8. The largest absolute Gasteiger partial charge is 0.460 e. The number of allylic oxidation sites excluding steroid dienone is 1. The van der Waals surface area contributed by atoms with Crippen LogP contribution in [0.25, 0.3) is 0 Å². The Hall–Kier alpha value is -1.66. The molecule has 4 bridgehead atoms. The maximum Gasteiger partial charge on any atom is 0.303 e. The average molecular weight is 360 g/mol. The summed E-state index contributed by atoms with van der Waals surface area (Å²) in [7, 11) is 0. The summed E-state index contributed by atoms with van der Waals surface area (Å²) in [6, 6.07) is 0. The van der Waals surface area contributed by atoms with Crippen LogP contribution in [0.2, 0.25) is 0 Å². The van der Waals surface area contributed by atoms with Crippen LogP contribution in [0.1, 0.15) is 33.1 Å². The maximum atomic E-state index is 11.5. The standard InChI is InChI=1S/C20H24O6/c1-4-20-6-5-11-16(12-7-14(18(11)25-12)23-9(2)21)17(20)13-8-15(19(20)26-13)24-10(3)22/h4-5,12-19H,1,6-8H2,2-3H3/t12-,13-,14-,15-,16+,17+,18-,19+,20-/m1/s1.